The van der Waals surface area contributed by atoms with Crippen LogP contribution in [0.2, 0.25) is 0 Å². The van der Waals surface area contributed by atoms with Crippen molar-refractivity contribution in [3.8, 4) is 0 Å². The van der Waals surface area contributed by atoms with Gasteiger partial charge in [0.15, 0.2) is 0 Å². The Labute approximate surface area is 125 Å². The molecule has 112 valence electrons. The lowest BCUT2D eigenvalue weighted by molar-refractivity contribution is -0.122. The molecule has 2 heterocycles. The zero-order valence-corrected chi connectivity index (χ0v) is 13.1. The summed E-state index contributed by atoms with van der Waals surface area (Å²) in [5.74, 6) is 0.549. The number of nitrogens with zero attached hydrogens (tertiary/aromatic N) is 1. The van der Waals surface area contributed by atoms with E-state index in [0.29, 0.717) is 18.9 Å². The second kappa shape index (κ2) is 7.76. The fraction of sp³-hybridized carbons (Fsp3) is 0.667. The van der Waals surface area contributed by atoms with Crippen LogP contribution in [-0.4, -0.2) is 43.7 Å². The van der Waals surface area contributed by atoms with E-state index >= 15 is 0 Å². The molecule has 1 saturated heterocycles. The number of thiophene rings is 1. The molecule has 1 fully saturated rings. The first-order valence-corrected chi connectivity index (χ1v) is 8.16. The molecule has 4 nitrogen and oxygen atoms in total. The van der Waals surface area contributed by atoms with Crippen LogP contribution in [0.5, 0.6) is 0 Å². The summed E-state index contributed by atoms with van der Waals surface area (Å²) in [5, 5.41) is 5.18. The molecule has 0 spiro atoms. The Bertz CT molecular complexity index is 400. The van der Waals surface area contributed by atoms with E-state index in [1.54, 1.807) is 11.3 Å². The highest BCUT2D eigenvalue weighted by atomic mass is 32.1. The molecule has 0 radical (unpaired) electrons. The highest BCUT2D eigenvalue weighted by Crippen LogP contribution is 2.25. The van der Waals surface area contributed by atoms with E-state index in [0.717, 1.165) is 26.3 Å². The minimum absolute atomic E-state index is 0.148. The van der Waals surface area contributed by atoms with Gasteiger partial charge in [0.2, 0.25) is 5.91 Å². The van der Waals surface area contributed by atoms with Crippen LogP contribution in [0.3, 0.4) is 0 Å². The fourth-order valence-electron chi connectivity index (χ4n) is 2.43. The first-order valence-electron chi connectivity index (χ1n) is 7.28. The van der Waals surface area contributed by atoms with E-state index in [1.165, 1.54) is 4.88 Å². The Morgan fingerprint density at radius 2 is 2.20 bits per heavy atom. The summed E-state index contributed by atoms with van der Waals surface area (Å²) in [6.45, 7) is 8.25. The van der Waals surface area contributed by atoms with E-state index in [1.807, 2.05) is 0 Å². The largest absolute Gasteiger partial charge is 0.379 e. The van der Waals surface area contributed by atoms with Crippen LogP contribution >= 0.6 is 11.3 Å². The van der Waals surface area contributed by atoms with Crippen LogP contribution in [-0.2, 0) is 9.53 Å². The Kier molecular flexibility index (Phi) is 6.01. The summed E-state index contributed by atoms with van der Waals surface area (Å²) in [4.78, 5) is 15.6. The highest BCUT2D eigenvalue weighted by molar-refractivity contribution is 7.10. The predicted molar refractivity (Wildman–Crippen MR) is 81.9 cm³/mol. The number of hydrogen-bond donors (Lipinski definition) is 1. The molecule has 1 aliphatic heterocycles. The minimum atomic E-state index is 0.148. The Balaban J connectivity index is 1.94. The minimum Gasteiger partial charge on any atom is -0.379 e. The molecular weight excluding hydrogens is 272 g/mol. The van der Waals surface area contributed by atoms with Gasteiger partial charge in [0, 0.05) is 30.9 Å². The standard InChI is InChI=1S/C15H24N2O2S/c1-12(2)10-15(18)16-11-13(14-4-3-9-20-14)17-5-7-19-8-6-17/h3-4,9,12-13H,5-8,10-11H2,1-2H3,(H,16,18)/t13-/m0/s1. The molecular formula is C15H24N2O2S. The summed E-state index contributed by atoms with van der Waals surface area (Å²) in [6.07, 6.45) is 0.597. The molecule has 0 aliphatic carbocycles. The number of rotatable bonds is 6. The van der Waals surface area contributed by atoms with Gasteiger partial charge in [-0.1, -0.05) is 19.9 Å². The summed E-state index contributed by atoms with van der Waals surface area (Å²) >= 11 is 1.76. The first-order chi connectivity index (χ1) is 9.66. The van der Waals surface area contributed by atoms with E-state index in [9.17, 15) is 4.79 Å². The molecule has 0 unspecified atom stereocenters. The van der Waals surface area contributed by atoms with Crippen molar-refractivity contribution in [1.29, 1.82) is 0 Å². The van der Waals surface area contributed by atoms with Crippen LogP contribution in [0.1, 0.15) is 31.2 Å². The number of ether oxygens (including phenoxy) is 1. The normalized spacial score (nSPS) is 18.1. The molecule has 1 N–H and O–H groups in total. The topological polar surface area (TPSA) is 41.6 Å². The average Bonchev–Trinajstić information content (AvgIpc) is 2.93. The van der Waals surface area contributed by atoms with Gasteiger partial charge in [0.1, 0.15) is 0 Å². The maximum atomic E-state index is 11.9. The Hall–Kier alpha value is -0.910. The molecule has 1 aromatic heterocycles. The summed E-state index contributed by atoms with van der Waals surface area (Å²) in [5.41, 5.74) is 0. The van der Waals surface area contributed by atoms with Gasteiger partial charge in [0.25, 0.3) is 0 Å². The average molecular weight is 296 g/mol. The Morgan fingerprint density at radius 1 is 1.45 bits per heavy atom. The van der Waals surface area contributed by atoms with E-state index in [4.69, 9.17) is 4.74 Å². The van der Waals surface area contributed by atoms with Crippen LogP contribution in [0.25, 0.3) is 0 Å². The number of carbonyl (C=O) groups excluding carboxylic acids is 1. The van der Waals surface area contributed by atoms with Gasteiger partial charge < -0.3 is 10.1 Å². The zero-order valence-electron chi connectivity index (χ0n) is 12.3. The summed E-state index contributed by atoms with van der Waals surface area (Å²) < 4.78 is 5.42. The number of hydrogen-bond acceptors (Lipinski definition) is 4. The number of nitrogens with one attached hydrogen (secondary N) is 1. The lowest BCUT2D eigenvalue weighted by atomic mass is 10.1. The van der Waals surface area contributed by atoms with Crippen LogP contribution in [0, 0.1) is 5.92 Å². The molecule has 2 rings (SSSR count). The van der Waals surface area contributed by atoms with Crippen LogP contribution in [0.4, 0.5) is 0 Å². The van der Waals surface area contributed by atoms with Gasteiger partial charge in [-0.2, -0.15) is 0 Å². The SMILES string of the molecule is CC(C)CC(=O)NC[C@@H](c1cccs1)N1CCOCC1. The van der Waals surface area contributed by atoms with E-state index in [2.05, 4.69) is 41.6 Å². The van der Waals surface area contributed by atoms with Gasteiger partial charge >= 0.3 is 0 Å². The van der Waals surface area contributed by atoms with Crippen LogP contribution in [0.15, 0.2) is 17.5 Å². The third-order valence-electron chi connectivity index (χ3n) is 3.44. The molecule has 1 aromatic rings. The van der Waals surface area contributed by atoms with Crippen molar-refractivity contribution < 1.29 is 9.53 Å². The number of carbonyl (C=O) groups is 1. The molecule has 1 aliphatic rings. The third kappa shape index (κ3) is 4.58. The maximum Gasteiger partial charge on any atom is 0.220 e. The van der Waals surface area contributed by atoms with E-state index < -0.39 is 0 Å². The van der Waals surface area contributed by atoms with Crippen LogP contribution < -0.4 is 5.32 Å². The van der Waals surface area contributed by atoms with Gasteiger partial charge in [-0.3, -0.25) is 9.69 Å². The smallest absolute Gasteiger partial charge is 0.220 e. The summed E-state index contributed by atoms with van der Waals surface area (Å²) in [6, 6.07) is 4.50. The van der Waals surface area contributed by atoms with Gasteiger partial charge in [-0.25, -0.2) is 0 Å². The molecule has 1 atom stereocenters. The highest BCUT2D eigenvalue weighted by Gasteiger charge is 2.23. The van der Waals surface area contributed by atoms with Gasteiger partial charge in [-0.05, 0) is 17.4 Å². The van der Waals surface area contributed by atoms with Gasteiger partial charge in [0.05, 0.1) is 19.3 Å². The fourth-order valence-corrected chi connectivity index (χ4v) is 3.29. The predicted octanol–water partition coefficient (Wildman–Crippen LogP) is 2.28. The zero-order chi connectivity index (χ0) is 14.4. The number of amides is 1. The molecule has 0 saturated carbocycles. The second-order valence-electron chi connectivity index (χ2n) is 5.58. The monoisotopic (exact) mass is 296 g/mol. The molecule has 20 heavy (non-hydrogen) atoms. The third-order valence-corrected chi connectivity index (χ3v) is 4.42. The quantitative estimate of drug-likeness (QED) is 0.875. The molecule has 1 amide bonds. The molecule has 5 heteroatoms. The van der Waals surface area contributed by atoms with Crippen molar-refractivity contribution in [3.63, 3.8) is 0 Å². The molecule has 0 aromatic carbocycles. The molecule has 0 bridgehead atoms. The van der Waals surface area contributed by atoms with Crippen molar-refractivity contribution in [2.24, 2.45) is 5.92 Å². The second-order valence-corrected chi connectivity index (χ2v) is 6.56. The lowest BCUT2D eigenvalue weighted by Gasteiger charge is -2.34. The lowest BCUT2D eigenvalue weighted by Crippen LogP contribution is -2.43. The summed E-state index contributed by atoms with van der Waals surface area (Å²) in [7, 11) is 0. The van der Waals surface area contributed by atoms with Crippen molar-refractivity contribution in [1.82, 2.24) is 10.2 Å². The first kappa shape index (κ1) is 15.5. The van der Waals surface area contributed by atoms with Gasteiger partial charge in [-0.15, -0.1) is 11.3 Å². The van der Waals surface area contributed by atoms with E-state index in [-0.39, 0.29) is 11.9 Å². The van der Waals surface area contributed by atoms with Crippen molar-refractivity contribution in [3.05, 3.63) is 22.4 Å². The van der Waals surface area contributed by atoms with Crippen molar-refractivity contribution in [2.75, 3.05) is 32.8 Å². The Morgan fingerprint density at radius 3 is 2.80 bits per heavy atom. The maximum absolute atomic E-state index is 11.9. The number of morpholine rings is 1. The van der Waals surface area contributed by atoms with Crippen molar-refractivity contribution >= 4 is 17.2 Å². The van der Waals surface area contributed by atoms with Crippen molar-refractivity contribution in [2.45, 2.75) is 26.3 Å².